The van der Waals surface area contributed by atoms with Crippen molar-refractivity contribution >= 4 is 9.84 Å². The number of sulfone groups is 1. The summed E-state index contributed by atoms with van der Waals surface area (Å²) in [5, 5.41) is 3.69. The standard InChI is InChI=1S/C10H16N2O2S/c1-12-9(8-5-6-11-7-8)3-4-10(12)15(2,13)14/h3-4,8,11H,5-7H2,1-2H3. The molecule has 0 amide bonds. The van der Waals surface area contributed by atoms with Gasteiger partial charge in [-0.3, -0.25) is 0 Å². The van der Waals surface area contributed by atoms with E-state index in [9.17, 15) is 8.42 Å². The van der Waals surface area contributed by atoms with E-state index in [2.05, 4.69) is 5.32 Å². The fourth-order valence-electron chi connectivity index (χ4n) is 2.20. The van der Waals surface area contributed by atoms with Gasteiger partial charge in [0.1, 0.15) is 5.03 Å². The summed E-state index contributed by atoms with van der Waals surface area (Å²) in [6.07, 6.45) is 2.33. The molecule has 0 bridgehead atoms. The van der Waals surface area contributed by atoms with Crippen molar-refractivity contribution in [2.24, 2.45) is 7.05 Å². The SMILES string of the molecule is Cn1c(C2CCNC2)ccc1S(C)(=O)=O. The Morgan fingerprint density at radius 1 is 1.47 bits per heavy atom. The van der Waals surface area contributed by atoms with Crippen molar-refractivity contribution in [2.45, 2.75) is 17.4 Å². The largest absolute Gasteiger partial charge is 0.339 e. The molecule has 2 rings (SSSR count). The highest BCUT2D eigenvalue weighted by molar-refractivity contribution is 7.90. The third-order valence-corrected chi connectivity index (χ3v) is 4.14. The maximum atomic E-state index is 11.4. The molecule has 0 aliphatic carbocycles. The Morgan fingerprint density at radius 2 is 2.20 bits per heavy atom. The maximum Gasteiger partial charge on any atom is 0.190 e. The predicted octanol–water partition coefficient (Wildman–Crippen LogP) is 0.505. The minimum absolute atomic E-state index is 0.407. The summed E-state index contributed by atoms with van der Waals surface area (Å²) in [4.78, 5) is 0. The zero-order chi connectivity index (χ0) is 11.1. The fraction of sp³-hybridized carbons (Fsp3) is 0.600. The van der Waals surface area contributed by atoms with Gasteiger partial charge >= 0.3 is 0 Å². The first-order valence-corrected chi connectivity index (χ1v) is 6.95. The van der Waals surface area contributed by atoms with Crippen LogP contribution in [0.5, 0.6) is 0 Å². The summed E-state index contributed by atoms with van der Waals surface area (Å²) in [6.45, 7) is 1.96. The van der Waals surface area contributed by atoms with E-state index in [1.54, 1.807) is 10.6 Å². The molecule has 0 saturated carbocycles. The molecular weight excluding hydrogens is 212 g/mol. The number of nitrogens with one attached hydrogen (secondary N) is 1. The zero-order valence-electron chi connectivity index (χ0n) is 9.03. The van der Waals surface area contributed by atoms with Crippen molar-refractivity contribution in [1.29, 1.82) is 0 Å². The molecule has 1 aromatic heterocycles. The van der Waals surface area contributed by atoms with Crippen LogP contribution < -0.4 is 5.32 Å². The Kier molecular flexibility index (Phi) is 2.60. The Bertz CT molecular complexity index is 456. The van der Waals surface area contributed by atoms with Gasteiger partial charge in [-0.05, 0) is 25.1 Å². The third kappa shape index (κ3) is 1.94. The van der Waals surface area contributed by atoms with E-state index in [-0.39, 0.29) is 0 Å². The van der Waals surface area contributed by atoms with Crippen LogP contribution in [0.4, 0.5) is 0 Å². The van der Waals surface area contributed by atoms with E-state index in [4.69, 9.17) is 0 Å². The number of aromatic nitrogens is 1. The Morgan fingerprint density at radius 3 is 2.67 bits per heavy atom. The number of hydrogen-bond acceptors (Lipinski definition) is 3. The van der Waals surface area contributed by atoms with E-state index in [1.165, 1.54) is 6.26 Å². The molecule has 5 heteroatoms. The molecule has 0 radical (unpaired) electrons. The highest BCUT2D eigenvalue weighted by Gasteiger charge is 2.22. The van der Waals surface area contributed by atoms with Gasteiger partial charge in [0, 0.05) is 31.5 Å². The highest BCUT2D eigenvalue weighted by atomic mass is 32.2. The fourth-order valence-corrected chi connectivity index (χ4v) is 3.12. The van der Waals surface area contributed by atoms with Gasteiger partial charge in [0.15, 0.2) is 9.84 Å². The second-order valence-electron chi connectivity index (χ2n) is 4.12. The second-order valence-corrected chi connectivity index (χ2v) is 6.08. The smallest absolute Gasteiger partial charge is 0.190 e. The summed E-state index contributed by atoms with van der Waals surface area (Å²) in [5.41, 5.74) is 1.11. The van der Waals surface area contributed by atoms with E-state index in [0.29, 0.717) is 10.9 Å². The molecule has 1 unspecified atom stereocenters. The van der Waals surface area contributed by atoms with Crippen molar-refractivity contribution < 1.29 is 8.42 Å². The van der Waals surface area contributed by atoms with Crippen LogP contribution in [0.15, 0.2) is 17.2 Å². The molecule has 1 aliphatic rings. The van der Waals surface area contributed by atoms with E-state index < -0.39 is 9.84 Å². The van der Waals surface area contributed by atoms with Gasteiger partial charge in [-0.15, -0.1) is 0 Å². The molecule has 4 nitrogen and oxygen atoms in total. The molecule has 1 atom stereocenters. The lowest BCUT2D eigenvalue weighted by Gasteiger charge is -2.11. The Balaban J connectivity index is 2.39. The second kappa shape index (κ2) is 3.64. The number of hydrogen-bond donors (Lipinski definition) is 1. The number of nitrogens with zero attached hydrogens (tertiary/aromatic N) is 1. The van der Waals surface area contributed by atoms with Gasteiger partial charge in [0.25, 0.3) is 0 Å². The first-order chi connectivity index (χ1) is 7.00. The average molecular weight is 228 g/mol. The van der Waals surface area contributed by atoms with Gasteiger partial charge in [0.2, 0.25) is 0 Å². The summed E-state index contributed by atoms with van der Waals surface area (Å²) >= 11 is 0. The van der Waals surface area contributed by atoms with Crippen molar-refractivity contribution in [2.75, 3.05) is 19.3 Å². The van der Waals surface area contributed by atoms with Gasteiger partial charge < -0.3 is 9.88 Å². The zero-order valence-corrected chi connectivity index (χ0v) is 9.84. The maximum absolute atomic E-state index is 11.4. The number of rotatable bonds is 2. The van der Waals surface area contributed by atoms with Gasteiger partial charge in [-0.2, -0.15) is 0 Å². The Hall–Kier alpha value is -0.810. The summed E-state index contributed by atoms with van der Waals surface area (Å²) < 4.78 is 24.7. The highest BCUT2D eigenvalue weighted by Crippen LogP contribution is 2.25. The lowest BCUT2D eigenvalue weighted by atomic mass is 10.1. The molecule has 15 heavy (non-hydrogen) atoms. The van der Waals surface area contributed by atoms with Crippen molar-refractivity contribution in [3.8, 4) is 0 Å². The van der Waals surface area contributed by atoms with Gasteiger partial charge in [-0.1, -0.05) is 0 Å². The van der Waals surface area contributed by atoms with E-state index >= 15 is 0 Å². The Labute approximate surface area is 90.2 Å². The summed E-state index contributed by atoms with van der Waals surface area (Å²) in [6, 6.07) is 3.62. The summed E-state index contributed by atoms with van der Waals surface area (Å²) in [7, 11) is -1.28. The quantitative estimate of drug-likeness (QED) is 0.802. The van der Waals surface area contributed by atoms with Crippen LogP contribution >= 0.6 is 0 Å². The molecule has 2 heterocycles. The monoisotopic (exact) mass is 228 g/mol. The van der Waals surface area contributed by atoms with E-state index in [1.807, 2.05) is 13.1 Å². The predicted molar refractivity (Wildman–Crippen MR) is 58.8 cm³/mol. The van der Waals surface area contributed by atoms with Gasteiger partial charge in [0.05, 0.1) is 0 Å². The summed E-state index contributed by atoms with van der Waals surface area (Å²) in [5.74, 6) is 0.450. The minimum atomic E-state index is -3.10. The molecule has 1 saturated heterocycles. The van der Waals surface area contributed by atoms with Crippen LogP contribution in [0.2, 0.25) is 0 Å². The third-order valence-electron chi connectivity index (χ3n) is 2.97. The first-order valence-electron chi connectivity index (χ1n) is 5.06. The van der Waals surface area contributed by atoms with Crippen LogP contribution in [0, 0.1) is 0 Å². The van der Waals surface area contributed by atoms with Crippen LogP contribution in [-0.4, -0.2) is 32.3 Å². The lowest BCUT2D eigenvalue weighted by molar-refractivity contribution is 0.584. The van der Waals surface area contributed by atoms with Crippen LogP contribution in [0.25, 0.3) is 0 Å². The van der Waals surface area contributed by atoms with Crippen LogP contribution in [0.3, 0.4) is 0 Å². The van der Waals surface area contributed by atoms with Gasteiger partial charge in [-0.25, -0.2) is 8.42 Å². The van der Waals surface area contributed by atoms with Crippen molar-refractivity contribution in [3.05, 3.63) is 17.8 Å². The lowest BCUT2D eigenvalue weighted by Crippen LogP contribution is -2.12. The molecule has 1 aromatic rings. The van der Waals surface area contributed by atoms with Crippen LogP contribution in [-0.2, 0) is 16.9 Å². The molecule has 0 spiro atoms. The molecule has 1 aliphatic heterocycles. The van der Waals surface area contributed by atoms with Crippen LogP contribution in [0.1, 0.15) is 18.0 Å². The molecule has 1 N–H and O–H groups in total. The minimum Gasteiger partial charge on any atom is -0.339 e. The average Bonchev–Trinajstić information content (AvgIpc) is 2.69. The molecule has 1 fully saturated rings. The van der Waals surface area contributed by atoms with Crippen molar-refractivity contribution in [3.63, 3.8) is 0 Å². The molecule has 84 valence electrons. The first kappa shape index (κ1) is 10.7. The van der Waals surface area contributed by atoms with Crippen molar-refractivity contribution in [1.82, 2.24) is 9.88 Å². The topological polar surface area (TPSA) is 51.1 Å². The normalized spacial score (nSPS) is 22.1. The molecule has 0 aromatic carbocycles. The van der Waals surface area contributed by atoms with E-state index in [0.717, 1.165) is 25.2 Å². The molecular formula is C10H16N2O2S.